The average Bonchev–Trinajstić information content (AvgIpc) is 3.35. The fourth-order valence-electron chi connectivity index (χ4n) is 3.40. The van der Waals surface area contributed by atoms with Crippen LogP contribution < -0.4 is 0 Å². The highest BCUT2D eigenvalue weighted by Gasteiger charge is 2.30. The lowest BCUT2D eigenvalue weighted by Gasteiger charge is -2.04. The smallest absolute Gasteiger partial charge is 0.180 e. The summed E-state index contributed by atoms with van der Waals surface area (Å²) in [7, 11) is 0.487. The van der Waals surface area contributed by atoms with Crippen LogP contribution in [0.3, 0.4) is 0 Å². The summed E-state index contributed by atoms with van der Waals surface area (Å²) in [6, 6.07) is 19.8. The molecule has 1 fully saturated rings. The van der Waals surface area contributed by atoms with E-state index in [9.17, 15) is 4.79 Å². The highest BCUT2D eigenvalue weighted by molar-refractivity contribution is 7.97. The molecule has 2 nitrogen and oxygen atoms in total. The Kier molecular flexibility index (Phi) is 7.38. The Hall–Kier alpha value is -2.00. The van der Waals surface area contributed by atoms with E-state index in [1.54, 1.807) is 11.8 Å². The number of hydrogen-bond acceptors (Lipinski definition) is 1. The molecule has 1 saturated heterocycles. The van der Waals surface area contributed by atoms with Gasteiger partial charge in [-0.15, -0.1) is 0 Å². The lowest BCUT2D eigenvalue weighted by atomic mass is 10.1. The number of Topliss-reactive ketones (excluding diaryl/α,β-unsaturated/α-hetero) is 1. The molecule has 1 aromatic heterocycles. The van der Waals surface area contributed by atoms with Crippen molar-refractivity contribution in [3.05, 3.63) is 66.4 Å². The SMILES string of the molecule is CC(=O)C(C)C.c1ccc(CCn2cc([S+]3CCCC3)c3ccccc32)cc1. The van der Waals surface area contributed by atoms with Gasteiger partial charge in [0, 0.05) is 23.4 Å². The van der Waals surface area contributed by atoms with Gasteiger partial charge in [0.05, 0.1) is 17.1 Å². The first kappa shape index (κ1) is 20.7. The van der Waals surface area contributed by atoms with Crippen LogP contribution in [0.5, 0.6) is 0 Å². The molecule has 2 heterocycles. The molecule has 148 valence electrons. The Bertz CT molecular complexity index is 891. The van der Waals surface area contributed by atoms with Crippen LogP contribution in [0.2, 0.25) is 0 Å². The Balaban J connectivity index is 0.000000330. The zero-order chi connectivity index (χ0) is 19.9. The van der Waals surface area contributed by atoms with Crippen LogP contribution >= 0.6 is 0 Å². The maximum absolute atomic E-state index is 10.1. The topological polar surface area (TPSA) is 22.0 Å². The number of rotatable bonds is 5. The van der Waals surface area contributed by atoms with E-state index in [-0.39, 0.29) is 11.7 Å². The Labute approximate surface area is 172 Å². The average molecular weight is 395 g/mol. The highest BCUT2D eigenvalue weighted by atomic mass is 32.2. The summed E-state index contributed by atoms with van der Waals surface area (Å²) >= 11 is 0. The molecule has 3 aromatic rings. The van der Waals surface area contributed by atoms with Gasteiger partial charge < -0.3 is 4.57 Å². The van der Waals surface area contributed by atoms with E-state index in [1.807, 2.05) is 13.8 Å². The van der Waals surface area contributed by atoms with E-state index in [2.05, 4.69) is 65.4 Å². The van der Waals surface area contributed by atoms with Crippen molar-refractivity contribution in [2.24, 2.45) is 5.92 Å². The van der Waals surface area contributed by atoms with Gasteiger partial charge in [-0.1, -0.05) is 56.3 Å². The van der Waals surface area contributed by atoms with Crippen LogP contribution in [0.25, 0.3) is 10.9 Å². The van der Waals surface area contributed by atoms with E-state index in [0.29, 0.717) is 10.9 Å². The fraction of sp³-hybridized carbons (Fsp3) is 0.400. The van der Waals surface area contributed by atoms with Crippen molar-refractivity contribution < 1.29 is 4.79 Å². The first-order chi connectivity index (χ1) is 13.6. The summed E-state index contributed by atoms with van der Waals surface area (Å²) in [4.78, 5) is 11.8. The van der Waals surface area contributed by atoms with E-state index < -0.39 is 0 Å². The Morgan fingerprint density at radius 3 is 2.25 bits per heavy atom. The molecule has 0 radical (unpaired) electrons. The third-order valence-corrected chi connectivity index (χ3v) is 7.90. The summed E-state index contributed by atoms with van der Waals surface area (Å²) in [6.45, 7) is 6.46. The summed E-state index contributed by atoms with van der Waals surface area (Å²) in [5.41, 5.74) is 2.83. The van der Waals surface area contributed by atoms with Crippen molar-refractivity contribution in [2.75, 3.05) is 11.5 Å². The highest BCUT2D eigenvalue weighted by Crippen LogP contribution is 2.31. The fourth-order valence-corrected chi connectivity index (χ4v) is 5.91. The van der Waals surface area contributed by atoms with Gasteiger partial charge in [0.2, 0.25) is 0 Å². The van der Waals surface area contributed by atoms with E-state index in [0.717, 1.165) is 13.0 Å². The second-order valence-corrected chi connectivity index (χ2v) is 10.1. The first-order valence-corrected chi connectivity index (χ1v) is 11.9. The van der Waals surface area contributed by atoms with Gasteiger partial charge in [0.25, 0.3) is 0 Å². The minimum atomic E-state index is 0.213. The number of carbonyl (C=O) groups excluding carboxylic acids is 1. The number of fused-ring (bicyclic) bond motifs is 1. The normalized spacial score (nSPS) is 14.3. The molecule has 0 atom stereocenters. The summed E-state index contributed by atoms with van der Waals surface area (Å²) in [6.07, 6.45) is 6.37. The van der Waals surface area contributed by atoms with E-state index in [4.69, 9.17) is 0 Å². The van der Waals surface area contributed by atoms with Crippen LogP contribution in [-0.4, -0.2) is 21.9 Å². The summed E-state index contributed by atoms with van der Waals surface area (Å²) in [5, 5.41) is 1.49. The van der Waals surface area contributed by atoms with Crippen LogP contribution in [-0.2, 0) is 28.7 Å². The van der Waals surface area contributed by atoms with Gasteiger partial charge >= 0.3 is 0 Å². The molecule has 0 bridgehead atoms. The predicted molar refractivity (Wildman–Crippen MR) is 122 cm³/mol. The third-order valence-electron chi connectivity index (χ3n) is 5.39. The molecule has 28 heavy (non-hydrogen) atoms. The van der Waals surface area contributed by atoms with E-state index >= 15 is 0 Å². The van der Waals surface area contributed by atoms with Gasteiger partial charge in [-0.3, -0.25) is 4.79 Å². The number of para-hydroxylation sites is 1. The molecule has 1 aliphatic rings. The summed E-state index contributed by atoms with van der Waals surface area (Å²) < 4.78 is 2.48. The van der Waals surface area contributed by atoms with Gasteiger partial charge in [0.1, 0.15) is 17.3 Å². The van der Waals surface area contributed by atoms with Crippen molar-refractivity contribution >= 4 is 27.6 Å². The van der Waals surface area contributed by atoms with Gasteiger partial charge in [-0.2, -0.15) is 0 Å². The molecule has 0 N–H and O–H groups in total. The lowest BCUT2D eigenvalue weighted by molar-refractivity contribution is -0.119. The van der Waals surface area contributed by atoms with Crippen LogP contribution in [0.4, 0.5) is 0 Å². The number of aryl methyl sites for hydroxylation is 2. The number of ketones is 1. The quantitative estimate of drug-likeness (QED) is 0.495. The van der Waals surface area contributed by atoms with Crippen LogP contribution in [0, 0.1) is 5.92 Å². The van der Waals surface area contributed by atoms with Crippen molar-refractivity contribution in [3.63, 3.8) is 0 Å². The van der Waals surface area contributed by atoms with Crippen molar-refractivity contribution in [3.8, 4) is 0 Å². The van der Waals surface area contributed by atoms with Crippen molar-refractivity contribution in [1.29, 1.82) is 0 Å². The number of hydrogen-bond donors (Lipinski definition) is 0. The van der Waals surface area contributed by atoms with E-state index in [1.165, 1.54) is 40.8 Å². The molecule has 2 aromatic carbocycles. The van der Waals surface area contributed by atoms with Crippen molar-refractivity contribution in [2.45, 2.75) is 51.5 Å². The molecular formula is C25H32NOS+. The second-order valence-electron chi connectivity index (χ2n) is 7.81. The molecule has 3 heteroatoms. The maximum Gasteiger partial charge on any atom is 0.180 e. The molecule has 0 aliphatic carbocycles. The maximum atomic E-state index is 10.1. The van der Waals surface area contributed by atoms with Crippen molar-refractivity contribution in [1.82, 2.24) is 4.57 Å². The summed E-state index contributed by atoms with van der Waals surface area (Å²) in [5.74, 6) is 3.26. The van der Waals surface area contributed by atoms with Gasteiger partial charge in [-0.25, -0.2) is 0 Å². The molecular weight excluding hydrogens is 362 g/mol. The largest absolute Gasteiger partial charge is 0.342 e. The van der Waals surface area contributed by atoms with Crippen LogP contribution in [0.1, 0.15) is 39.2 Å². The minimum absolute atomic E-state index is 0.213. The molecule has 0 saturated carbocycles. The molecule has 0 amide bonds. The third kappa shape index (κ3) is 5.29. The standard InChI is InChI=1S/C20H22NS.C5H10O/c1-2-8-17(9-3-1)12-13-21-16-20(22-14-6-7-15-22)18-10-4-5-11-19(18)21;1-4(2)5(3)6/h1-5,8-11,16H,6-7,12-15H2;4H,1-3H3/q+1;. The number of carbonyl (C=O) groups is 1. The minimum Gasteiger partial charge on any atom is -0.342 e. The van der Waals surface area contributed by atoms with Gasteiger partial charge in [-0.05, 0) is 43.9 Å². The predicted octanol–water partition coefficient (Wildman–Crippen LogP) is 5.89. The monoisotopic (exact) mass is 394 g/mol. The lowest BCUT2D eigenvalue weighted by Crippen LogP contribution is -2.03. The molecule has 1 aliphatic heterocycles. The zero-order valence-corrected chi connectivity index (χ0v) is 18.2. The molecule has 0 unspecified atom stereocenters. The Morgan fingerprint density at radius 2 is 1.61 bits per heavy atom. The van der Waals surface area contributed by atoms with Gasteiger partial charge in [0.15, 0.2) is 4.90 Å². The molecule has 0 spiro atoms. The number of nitrogens with zero attached hydrogens (tertiary/aromatic N) is 1. The van der Waals surface area contributed by atoms with Crippen LogP contribution in [0.15, 0.2) is 65.7 Å². The molecule has 4 rings (SSSR count). The second kappa shape index (κ2) is 9.97. The number of aromatic nitrogens is 1. The number of benzene rings is 2. The Morgan fingerprint density at radius 1 is 1.00 bits per heavy atom. The first-order valence-electron chi connectivity index (χ1n) is 10.4. The zero-order valence-electron chi connectivity index (χ0n) is 17.4.